The Morgan fingerprint density at radius 1 is 1.60 bits per heavy atom. The number of aliphatic hydroxyl groups excluding tert-OH is 2. The fourth-order valence-corrected chi connectivity index (χ4v) is 2.24. The third kappa shape index (κ3) is 2.26. The lowest BCUT2D eigenvalue weighted by Gasteiger charge is -2.27. The summed E-state index contributed by atoms with van der Waals surface area (Å²) in [6.45, 7) is -0.515. The van der Waals surface area contributed by atoms with Crippen LogP contribution in [0.3, 0.4) is 0 Å². The van der Waals surface area contributed by atoms with Gasteiger partial charge in [-0.1, -0.05) is 5.92 Å². The summed E-state index contributed by atoms with van der Waals surface area (Å²) in [5.41, 5.74) is 2.90. The van der Waals surface area contributed by atoms with Crippen molar-refractivity contribution in [3.8, 4) is 11.3 Å². The molecular formula is C11H12ClN3O5. The largest absolute Gasteiger partial charge is 0.394 e. The van der Waals surface area contributed by atoms with Crippen molar-refractivity contribution < 1.29 is 14.9 Å². The molecule has 9 heteroatoms. The zero-order valence-electron chi connectivity index (χ0n) is 10.1. The highest BCUT2D eigenvalue weighted by Crippen LogP contribution is 2.35. The smallest absolute Gasteiger partial charge is 0.330 e. The molecule has 1 aliphatic rings. The summed E-state index contributed by atoms with van der Waals surface area (Å²) in [5, 5.41) is 21.2. The standard InChI is InChI=1S/C11H12ClN3O5/c12-3-2-11(13)8(18)6(5-16)20-9(11)15-4-1-7(17)14-10(15)19/h1,4,6,8-9,16,18H,5,13H2,(H,14,17,19)/t6-,8+,9-,11?/m1/s1. The third-order valence-corrected chi connectivity index (χ3v) is 3.20. The van der Waals surface area contributed by atoms with Crippen LogP contribution in [0.4, 0.5) is 0 Å². The normalized spacial score (nSPS) is 32.7. The molecule has 1 saturated heterocycles. The second-order valence-electron chi connectivity index (χ2n) is 4.32. The lowest BCUT2D eigenvalue weighted by atomic mass is 9.92. The van der Waals surface area contributed by atoms with Gasteiger partial charge < -0.3 is 20.7 Å². The Balaban J connectivity index is 2.55. The van der Waals surface area contributed by atoms with E-state index in [-0.39, 0.29) is 0 Å². The van der Waals surface area contributed by atoms with Gasteiger partial charge >= 0.3 is 5.69 Å². The van der Waals surface area contributed by atoms with E-state index >= 15 is 0 Å². The van der Waals surface area contributed by atoms with E-state index < -0.39 is 41.8 Å². The number of hydrogen-bond acceptors (Lipinski definition) is 6. The van der Waals surface area contributed by atoms with Gasteiger partial charge in [-0.25, -0.2) is 4.79 Å². The Morgan fingerprint density at radius 2 is 2.30 bits per heavy atom. The zero-order valence-corrected chi connectivity index (χ0v) is 10.9. The van der Waals surface area contributed by atoms with E-state index in [9.17, 15) is 14.7 Å². The average Bonchev–Trinajstić information content (AvgIpc) is 2.63. The van der Waals surface area contributed by atoms with Crippen molar-refractivity contribution in [3.05, 3.63) is 33.1 Å². The molecule has 0 aliphatic carbocycles. The van der Waals surface area contributed by atoms with Crippen LogP contribution in [-0.4, -0.2) is 44.1 Å². The van der Waals surface area contributed by atoms with Gasteiger partial charge in [0.25, 0.3) is 5.56 Å². The summed E-state index contributed by atoms with van der Waals surface area (Å²) in [5.74, 6) is 2.38. The van der Waals surface area contributed by atoms with E-state index in [1.807, 2.05) is 10.4 Å². The van der Waals surface area contributed by atoms with E-state index in [0.717, 1.165) is 16.8 Å². The first-order valence-electron chi connectivity index (χ1n) is 5.61. The minimum atomic E-state index is -1.70. The lowest BCUT2D eigenvalue weighted by molar-refractivity contribution is -0.0477. The maximum absolute atomic E-state index is 11.8. The molecule has 5 N–H and O–H groups in total. The van der Waals surface area contributed by atoms with Gasteiger partial charge in [-0.05, 0) is 11.6 Å². The van der Waals surface area contributed by atoms with Crippen LogP contribution in [0.5, 0.6) is 0 Å². The first-order chi connectivity index (χ1) is 9.43. The molecule has 1 aromatic heterocycles. The predicted molar refractivity (Wildman–Crippen MR) is 68.9 cm³/mol. The summed E-state index contributed by atoms with van der Waals surface area (Å²) < 4.78 is 6.33. The van der Waals surface area contributed by atoms with Crippen molar-refractivity contribution in [3.63, 3.8) is 0 Å². The Labute approximate surface area is 117 Å². The average molecular weight is 302 g/mol. The molecule has 0 amide bonds. The van der Waals surface area contributed by atoms with Gasteiger partial charge in [0.2, 0.25) is 0 Å². The molecule has 0 saturated carbocycles. The Kier molecular flexibility index (Phi) is 3.99. The van der Waals surface area contributed by atoms with E-state index in [1.165, 1.54) is 0 Å². The Bertz CT molecular complexity index is 675. The molecule has 2 rings (SSSR count). The molecule has 0 aromatic carbocycles. The highest BCUT2D eigenvalue weighted by Gasteiger charge is 2.54. The molecule has 1 unspecified atom stereocenters. The molecule has 0 bridgehead atoms. The highest BCUT2D eigenvalue weighted by atomic mass is 35.5. The number of halogens is 1. The second kappa shape index (κ2) is 5.40. The molecule has 20 heavy (non-hydrogen) atoms. The van der Waals surface area contributed by atoms with Crippen LogP contribution < -0.4 is 17.0 Å². The van der Waals surface area contributed by atoms with Crippen LogP contribution in [0.25, 0.3) is 0 Å². The quantitative estimate of drug-likeness (QED) is 0.454. The Morgan fingerprint density at radius 3 is 2.85 bits per heavy atom. The number of H-pyrrole nitrogens is 1. The van der Waals surface area contributed by atoms with E-state index in [1.54, 1.807) is 0 Å². The van der Waals surface area contributed by atoms with Crippen molar-refractivity contribution in [1.29, 1.82) is 0 Å². The van der Waals surface area contributed by atoms with Gasteiger partial charge in [0, 0.05) is 17.6 Å². The highest BCUT2D eigenvalue weighted by molar-refractivity contribution is 6.30. The predicted octanol–water partition coefficient (Wildman–Crippen LogP) is -2.32. The van der Waals surface area contributed by atoms with Crippen LogP contribution >= 0.6 is 11.6 Å². The van der Waals surface area contributed by atoms with Gasteiger partial charge in [-0.3, -0.25) is 14.3 Å². The van der Waals surface area contributed by atoms with Crippen LogP contribution in [0, 0.1) is 11.3 Å². The van der Waals surface area contributed by atoms with Crippen LogP contribution in [0.15, 0.2) is 21.9 Å². The van der Waals surface area contributed by atoms with Crippen LogP contribution in [-0.2, 0) is 4.74 Å². The van der Waals surface area contributed by atoms with Gasteiger partial charge in [0.1, 0.15) is 12.2 Å². The molecule has 0 radical (unpaired) electrons. The number of aromatic amines is 1. The minimum Gasteiger partial charge on any atom is -0.394 e. The number of nitrogens with zero attached hydrogens (tertiary/aromatic N) is 1. The summed E-state index contributed by atoms with van der Waals surface area (Å²) >= 11 is 5.33. The summed E-state index contributed by atoms with van der Waals surface area (Å²) in [4.78, 5) is 24.9. The summed E-state index contributed by atoms with van der Waals surface area (Å²) in [7, 11) is 0. The monoisotopic (exact) mass is 301 g/mol. The summed E-state index contributed by atoms with van der Waals surface area (Å²) in [6, 6.07) is 1.10. The van der Waals surface area contributed by atoms with Gasteiger partial charge in [0.05, 0.1) is 6.61 Å². The molecule has 1 aliphatic heterocycles. The van der Waals surface area contributed by atoms with Crippen molar-refractivity contribution in [2.75, 3.05) is 6.61 Å². The fourth-order valence-electron chi connectivity index (χ4n) is 2.07. The van der Waals surface area contributed by atoms with Crippen molar-refractivity contribution in [2.45, 2.75) is 24.0 Å². The number of aromatic nitrogens is 2. The lowest BCUT2D eigenvalue weighted by Crippen LogP contribution is -2.55. The second-order valence-corrected chi connectivity index (χ2v) is 4.51. The molecule has 1 aromatic rings. The first-order valence-corrected chi connectivity index (χ1v) is 5.99. The number of nitrogens with one attached hydrogen (secondary N) is 1. The third-order valence-electron chi connectivity index (χ3n) is 3.10. The number of ether oxygens (including phenoxy) is 1. The molecule has 1 fully saturated rings. The Hall–Kier alpha value is -1.63. The van der Waals surface area contributed by atoms with E-state index in [2.05, 4.69) is 5.92 Å². The molecule has 8 nitrogen and oxygen atoms in total. The molecule has 108 valence electrons. The number of rotatable bonds is 2. The topological polar surface area (TPSA) is 131 Å². The number of hydrogen-bond donors (Lipinski definition) is 4. The SMILES string of the molecule is NC1(C#CCl)[C@@H](O)[C@@H](CO)O[C@H]1n1ccc(=O)[nH]c1=O. The molecule has 2 heterocycles. The van der Waals surface area contributed by atoms with Gasteiger partial charge in [-0.2, -0.15) is 0 Å². The minimum absolute atomic E-state index is 0.515. The van der Waals surface area contributed by atoms with Gasteiger partial charge in [0.15, 0.2) is 11.8 Å². The maximum atomic E-state index is 11.8. The first kappa shape index (κ1) is 14.8. The maximum Gasteiger partial charge on any atom is 0.330 e. The summed E-state index contributed by atoms with van der Waals surface area (Å²) in [6.07, 6.45) is -2.43. The van der Waals surface area contributed by atoms with Crippen LogP contribution in [0.1, 0.15) is 6.23 Å². The number of aliphatic hydroxyl groups is 2. The van der Waals surface area contributed by atoms with Crippen molar-refractivity contribution >= 4 is 11.6 Å². The number of nitrogens with two attached hydrogens (primary N) is 1. The van der Waals surface area contributed by atoms with Crippen molar-refractivity contribution in [2.24, 2.45) is 5.73 Å². The van der Waals surface area contributed by atoms with Gasteiger partial charge in [-0.15, -0.1) is 0 Å². The van der Waals surface area contributed by atoms with Crippen molar-refractivity contribution in [1.82, 2.24) is 9.55 Å². The van der Waals surface area contributed by atoms with E-state index in [4.69, 9.17) is 27.2 Å². The molecule has 0 spiro atoms. The zero-order chi connectivity index (χ0) is 14.9. The van der Waals surface area contributed by atoms with E-state index in [0.29, 0.717) is 0 Å². The fraction of sp³-hybridized carbons (Fsp3) is 0.455. The van der Waals surface area contributed by atoms with Crippen LogP contribution in [0.2, 0.25) is 0 Å². The molecular weight excluding hydrogens is 290 g/mol. The molecule has 4 atom stereocenters.